The van der Waals surface area contributed by atoms with Gasteiger partial charge in [-0.25, -0.2) is 0 Å². The van der Waals surface area contributed by atoms with E-state index in [1.165, 1.54) is 19.3 Å². The molecular weight excluding hydrogens is 270 g/mol. The second-order valence-electron chi connectivity index (χ2n) is 4.80. The van der Waals surface area contributed by atoms with Crippen molar-refractivity contribution in [1.29, 1.82) is 0 Å². The first-order valence-electron chi connectivity index (χ1n) is 7.13. The number of rotatable bonds is 10. The van der Waals surface area contributed by atoms with Crippen LogP contribution in [0.1, 0.15) is 26.2 Å². The van der Waals surface area contributed by atoms with Gasteiger partial charge in [-0.3, -0.25) is 5.32 Å². The number of allylic oxidation sites excluding steroid dienone is 3. The van der Waals surface area contributed by atoms with Gasteiger partial charge in [-0.1, -0.05) is 37.3 Å². The molecule has 0 bridgehead atoms. The molecule has 20 heavy (non-hydrogen) atoms. The lowest BCUT2D eigenvalue weighted by atomic mass is 10.0. The van der Waals surface area contributed by atoms with E-state index in [2.05, 4.69) is 18.0 Å². The van der Waals surface area contributed by atoms with Crippen LogP contribution in [0.2, 0.25) is 0 Å². The Morgan fingerprint density at radius 2 is 2.10 bits per heavy atom. The molecule has 0 aliphatic heterocycles. The summed E-state index contributed by atoms with van der Waals surface area (Å²) in [5.74, 6) is 0. The molecule has 4 heteroatoms. The van der Waals surface area contributed by atoms with Gasteiger partial charge in [0.05, 0.1) is 0 Å². The third-order valence-corrected chi connectivity index (χ3v) is 4.91. The highest BCUT2D eigenvalue weighted by Crippen LogP contribution is 2.34. The Kier molecular flexibility index (Phi) is 8.94. The van der Waals surface area contributed by atoms with Gasteiger partial charge in [0.1, 0.15) is 5.37 Å². The van der Waals surface area contributed by atoms with Gasteiger partial charge in [-0.2, -0.15) is 0 Å². The molecule has 0 spiro atoms. The van der Waals surface area contributed by atoms with E-state index >= 15 is 0 Å². The number of nitrogens with one attached hydrogen (secondary N) is 1. The Balaban J connectivity index is 2.55. The zero-order valence-electron chi connectivity index (χ0n) is 12.8. The van der Waals surface area contributed by atoms with Crippen molar-refractivity contribution < 1.29 is 9.47 Å². The Hall–Kier alpha value is -0.550. The predicted molar refractivity (Wildman–Crippen MR) is 87.9 cm³/mol. The number of hydrogen-bond donors (Lipinski definition) is 1. The molecule has 1 aliphatic carbocycles. The molecule has 0 amide bonds. The van der Waals surface area contributed by atoms with Gasteiger partial charge in [-0.15, -0.1) is 11.8 Å². The van der Waals surface area contributed by atoms with Crippen LogP contribution in [0, 0.1) is 0 Å². The van der Waals surface area contributed by atoms with E-state index in [1.54, 1.807) is 14.2 Å². The number of thioether (sulfide) groups is 1. The average molecular weight is 297 g/mol. The minimum atomic E-state index is -0.228. The molecule has 3 nitrogen and oxygen atoms in total. The van der Waals surface area contributed by atoms with Gasteiger partial charge >= 0.3 is 0 Å². The van der Waals surface area contributed by atoms with Crippen LogP contribution in [-0.4, -0.2) is 37.7 Å². The second kappa shape index (κ2) is 10.2. The van der Waals surface area contributed by atoms with Crippen LogP contribution >= 0.6 is 11.8 Å². The van der Waals surface area contributed by atoms with Crippen LogP contribution in [-0.2, 0) is 9.47 Å². The molecule has 1 fully saturated rings. The van der Waals surface area contributed by atoms with Crippen LogP contribution in [0.25, 0.3) is 0 Å². The van der Waals surface area contributed by atoms with Crippen molar-refractivity contribution in [2.75, 3.05) is 20.8 Å². The highest BCUT2D eigenvalue weighted by molar-refractivity contribution is 8.00. The average Bonchev–Trinajstić information content (AvgIpc) is 2.43. The monoisotopic (exact) mass is 297 g/mol. The molecular formula is C16H27NO2S. The largest absolute Gasteiger partial charge is 0.353 e. The lowest BCUT2D eigenvalue weighted by molar-refractivity contribution is -0.106. The Morgan fingerprint density at radius 3 is 2.55 bits per heavy atom. The molecule has 114 valence electrons. The summed E-state index contributed by atoms with van der Waals surface area (Å²) in [5.41, 5.74) is 1.16. The van der Waals surface area contributed by atoms with Crippen LogP contribution in [0.15, 0.2) is 36.5 Å². The molecule has 0 saturated heterocycles. The van der Waals surface area contributed by atoms with Crippen LogP contribution in [0.3, 0.4) is 0 Å². The number of methoxy groups -OCH3 is 2. The van der Waals surface area contributed by atoms with Crippen molar-refractivity contribution in [3.8, 4) is 0 Å². The molecule has 1 rings (SSSR count). The van der Waals surface area contributed by atoms with E-state index in [1.807, 2.05) is 36.9 Å². The zero-order chi connectivity index (χ0) is 14.8. The Morgan fingerprint density at radius 1 is 1.40 bits per heavy atom. The van der Waals surface area contributed by atoms with Gasteiger partial charge in [0, 0.05) is 26.0 Å². The van der Waals surface area contributed by atoms with E-state index in [0.717, 1.165) is 17.4 Å². The summed E-state index contributed by atoms with van der Waals surface area (Å²) in [6.07, 6.45) is 11.7. The highest BCUT2D eigenvalue weighted by Gasteiger charge is 2.28. The highest BCUT2D eigenvalue weighted by atomic mass is 32.2. The van der Waals surface area contributed by atoms with Crippen LogP contribution in [0.5, 0.6) is 0 Å². The summed E-state index contributed by atoms with van der Waals surface area (Å²) in [6, 6.07) is 0. The van der Waals surface area contributed by atoms with Crippen molar-refractivity contribution in [3.63, 3.8) is 0 Å². The van der Waals surface area contributed by atoms with E-state index in [-0.39, 0.29) is 11.7 Å². The number of ether oxygens (including phenoxy) is 2. The summed E-state index contributed by atoms with van der Waals surface area (Å²) in [4.78, 5) is 0. The van der Waals surface area contributed by atoms with Gasteiger partial charge in [-0.05, 0) is 25.3 Å². The van der Waals surface area contributed by atoms with Gasteiger partial charge < -0.3 is 9.47 Å². The molecule has 1 N–H and O–H groups in total. The first-order valence-corrected chi connectivity index (χ1v) is 8.08. The molecule has 0 aromatic carbocycles. The first kappa shape index (κ1) is 17.5. The molecule has 1 saturated carbocycles. The lowest BCUT2D eigenvalue weighted by Gasteiger charge is -2.33. The third kappa shape index (κ3) is 5.83. The maximum Gasteiger partial charge on any atom is 0.181 e. The van der Waals surface area contributed by atoms with E-state index in [0.29, 0.717) is 0 Å². The molecule has 1 atom stereocenters. The Labute approximate surface area is 127 Å². The fourth-order valence-electron chi connectivity index (χ4n) is 1.90. The molecule has 0 aromatic rings. The summed E-state index contributed by atoms with van der Waals surface area (Å²) in [5, 5.41) is 4.39. The minimum absolute atomic E-state index is 0.143. The second-order valence-corrected chi connectivity index (χ2v) is 6.25. The molecule has 1 aliphatic rings. The maximum absolute atomic E-state index is 5.41. The fraction of sp³-hybridized carbons (Fsp3) is 0.625. The zero-order valence-corrected chi connectivity index (χ0v) is 13.6. The molecule has 1 unspecified atom stereocenters. The number of hydrogen-bond acceptors (Lipinski definition) is 4. The predicted octanol–water partition coefficient (Wildman–Crippen LogP) is 3.50. The topological polar surface area (TPSA) is 30.5 Å². The fourth-order valence-corrected chi connectivity index (χ4v) is 3.45. The van der Waals surface area contributed by atoms with Crippen molar-refractivity contribution in [2.45, 2.75) is 43.1 Å². The summed E-state index contributed by atoms with van der Waals surface area (Å²) < 4.78 is 10.8. The third-order valence-electron chi connectivity index (χ3n) is 3.38. The quantitative estimate of drug-likeness (QED) is 0.494. The van der Waals surface area contributed by atoms with Crippen LogP contribution < -0.4 is 5.32 Å². The lowest BCUT2D eigenvalue weighted by Crippen LogP contribution is -2.42. The Bertz CT molecular complexity index is 333. The van der Waals surface area contributed by atoms with E-state index in [4.69, 9.17) is 9.47 Å². The van der Waals surface area contributed by atoms with Crippen molar-refractivity contribution in [2.24, 2.45) is 0 Å². The first-order chi connectivity index (χ1) is 9.74. The summed E-state index contributed by atoms with van der Waals surface area (Å²) in [6.45, 7) is 6.62. The van der Waals surface area contributed by atoms with E-state index in [9.17, 15) is 0 Å². The van der Waals surface area contributed by atoms with Crippen LogP contribution in [0.4, 0.5) is 0 Å². The summed E-state index contributed by atoms with van der Waals surface area (Å²) in [7, 11) is 3.38. The van der Waals surface area contributed by atoms with Crippen molar-refractivity contribution >= 4 is 11.8 Å². The van der Waals surface area contributed by atoms with Gasteiger partial charge in [0.15, 0.2) is 6.29 Å². The summed E-state index contributed by atoms with van der Waals surface area (Å²) >= 11 is 1.92. The van der Waals surface area contributed by atoms with Gasteiger partial charge in [0.25, 0.3) is 0 Å². The van der Waals surface area contributed by atoms with Crippen molar-refractivity contribution in [3.05, 3.63) is 36.5 Å². The molecule has 0 aromatic heterocycles. The SMILES string of the molecule is C=C/C(=C\C=C/C)CNC(SC1CCC1)C(OC)OC. The molecule has 0 heterocycles. The molecule has 0 radical (unpaired) electrons. The normalized spacial score (nSPS) is 18.5. The smallest absolute Gasteiger partial charge is 0.181 e. The van der Waals surface area contributed by atoms with Gasteiger partial charge in [0.2, 0.25) is 0 Å². The standard InChI is InChI=1S/C16H27NO2S/c1-5-7-9-13(6-2)12-17-15(16(18-3)19-4)20-14-10-8-11-14/h5-7,9,14-17H,2,8,10-12H2,1,3-4H3/b7-5-,13-9+. The maximum atomic E-state index is 5.41. The van der Waals surface area contributed by atoms with Crippen molar-refractivity contribution in [1.82, 2.24) is 5.32 Å². The minimum Gasteiger partial charge on any atom is -0.353 e. The van der Waals surface area contributed by atoms with E-state index < -0.39 is 0 Å².